The fourth-order valence-electron chi connectivity index (χ4n) is 2.71. The van der Waals surface area contributed by atoms with Crippen LogP contribution in [0.4, 0.5) is 18.9 Å². The molecule has 0 bridgehead atoms. The van der Waals surface area contributed by atoms with Gasteiger partial charge in [-0.15, -0.1) is 5.10 Å². The maximum atomic E-state index is 12.8. The zero-order valence-electron chi connectivity index (χ0n) is 16.7. The topological polar surface area (TPSA) is 82.9 Å². The minimum atomic E-state index is -4.51. The molecule has 10 heteroatoms. The number of rotatable bonds is 5. The van der Waals surface area contributed by atoms with Gasteiger partial charge in [0.15, 0.2) is 5.17 Å². The third-order valence-corrected chi connectivity index (χ3v) is 5.45. The van der Waals surface area contributed by atoms with E-state index < -0.39 is 28.8 Å². The van der Waals surface area contributed by atoms with Crippen LogP contribution in [0, 0.1) is 6.92 Å². The Morgan fingerprint density at radius 3 is 2.58 bits per heavy atom. The van der Waals surface area contributed by atoms with Crippen LogP contribution >= 0.6 is 11.8 Å². The highest BCUT2D eigenvalue weighted by Gasteiger charge is 2.33. The molecular weight excluding hydrogens is 429 g/mol. The first-order chi connectivity index (χ1) is 14.6. The summed E-state index contributed by atoms with van der Waals surface area (Å²) in [4.78, 5) is 24.3. The van der Waals surface area contributed by atoms with Crippen molar-refractivity contribution in [2.24, 2.45) is 10.2 Å². The molecular formula is C21H19F3N4O2S. The lowest BCUT2D eigenvalue weighted by Crippen LogP contribution is -2.28. The molecule has 1 heterocycles. The summed E-state index contributed by atoms with van der Waals surface area (Å²) >= 11 is 1.05. The Bertz CT molecular complexity index is 1050. The first-order valence-corrected chi connectivity index (χ1v) is 10.1. The molecule has 0 aliphatic carbocycles. The number of halogens is 3. The van der Waals surface area contributed by atoms with Crippen molar-refractivity contribution in [2.75, 3.05) is 5.32 Å². The van der Waals surface area contributed by atoms with Gasteiger partial charge in [-0.05, 0) is 37.6 Å². The van der Waals surface area contributed by atoms with Crippen molar-refractivity contribution in [1.82, 2.24) is 5.32 Å². The number of nitrogens with zero attached hydrogens (tertiary/aromatic N) is 2. The smallest absolute Gasteiger partial charge is 0.326 e. The Hall–Kier alpha value is -3.14. The zero-order chi connectivity index (χ0) is 22.6. The highest BCUT2D eigenvalue weighted by atomic mass is 32.2. The van der Waals surface area contributed by atoms with Gasteiger partial charge in [0.05, 0.1) is 11.3 Å². The number of benzene rings is 2. The average molecular weight is 448 g/mol. The first-order valence-electron chi connectivity index (χ1n) is 9.26. The standard InChI is InChI=1S/C21H19F3N4O2S/c1-12-6-8-14(9-7-12)13(2)27-28-20-26-19(30)17(31-20)11-18(29)25-16-5-3-4-15(10-16)21(22,23)24/h3-10,17H,11H2,1-2H3,(H,25,29)(H,26,28,30)/b27-13-. The summed E-state index contributed by atoms with van der Waals surface area (Å²) in [6.07, 6.45) is -4.73. The highest BCUT2D eigenvalue weighted by molar-refractivity contribution is 8.15. The van der Waals surface area contributed by atoms with Crippen molar-refractivity contribution in [3.63, 3.8) is 0 Å². The largest absolute Gasteiger partial charge is 0.416 e. The molecule has 3 rings (SSSR count). The quantitative estimate of drug-likeness (QED) is 0.527. The van der Waals surface area contributed by atoms with E-state index >= 15 is 0 Å². The number of nitrogens with one attached hydrogen (secondary N) is 2. The van der Waals surface area contributed by atoms with E-state index in [1.54, 1.807) is 6.92 Å². The number of anilines is 1. The summed E-state index contributed by atoms with van der Waals surface area (Å²) in [7, 11) is 0. The first kappa shape index (κ1) is 22.5. The number of carbonyl (C=O) groups is 2. The van der Waals surface area contributed by atoms with Crippen molar-refractivity contribution in [3.8, 4) is 0 Å². The summed E-state index contributed by atoms with van der Waals surface area (Å²) in [6, 6.07) is 12.0. The second-order valence-corrected chi connectivity index (χ2v) is 8.07. The van der Waals surface area contributed by atoms with Crippen molar-refractivity contribution in [1.29, 1.82) is 0 Å². The molecule has 2 aromatic carbocycles. The third kappa shape index (κ3) is 6.17. The van der Waals surface area contributed by atoms with Gasteiger partial charge in [0.2, 0.25) is 11.8 Å². The lowest BCUT2D eigenvalue weighted by atomic mass is 10.1. The molecule has 6 nitrogen and oxygen atoms in total. The maximum Gasteiger partial charge on any atom is 0.416 e. The van der Waals surface area contributed by atoms with Crippen LogP contribution in [-0.4, -0.2) is 27.9 Å². The molecule has 1 fully saturated rings. The lowest BCUT2D eigenvalue weighted by molar-refractivity contribution is -0.137. The Kier molecular flexibility index (Phi) is 6.79. The van der Waals surface area contributed by atoms with Crippen LogP contribution < -0.4 is 10.6 Å². The van der Waals surface area contributed by atoms with Gasteiger partial charge in [-0.1, -0.05) is 47.7 Å². The minimum Gasteiger partial charge on any atom is -0.326 e. The highest BCUT2D eigenvalue weighted by Crippen LogP contribution is 2.31. The maximum absolute atomic E-state index is 12.8. The fraction of sp³-hybridized carbons (Fsp3) is 0.238. The van der Waals surface area contributed by atoms with Crippen LogP contribution in [0.3, 0.4) is 0 Å². The SMILES string of the molecule is C/C(=N/N=C1\NC(=O)C(CC(=O)Nc2cccc(C(F)(F)F)c2)S1)c1ccc(C)cc1. The van der Waals surface area contributed by atoms with Crippen LogP contribution in [0.25, 0.3) is 0 Å². The molecule has 0 spiro atoms. The minimum absolute atomic E-state index is 0.00967. The van der Waals surface area contributed by atoms with Crippen molar-refractivity contribution < 1.29 is 22.8 Å². The Balaban J connectivity index is 1.60. The molecule has 0 saturated carbocycles. The molecule has 0 radical (unpaired) electrons. The number of hydrogen-bond donors (Lipinski definition) is 2. The van der Waals surface area contributed by atoms with Crippen LogP contribution in [0.5, 0.6) is 0 Å². The van der Waals surface area contributed by atoms with Crippen molar-refractivity contribution >= 4 is 40.1 Å². The second kappa shape index (κ2) is 9.34. The van der Waals surface area contributed by atoms with Crippen LogP contribution in [0.15, 0.2) is 58.7 Å². The van der Waals surface area contributed by atoms with Crippen LogP contribution in [0.2, 0.25) is 0 Å². The van der Waals surface area contributed by atoms with Crippen molar-refractivity contribution in [2.45, 2.75) is 31.7 Å². The lowest BCUT2D eigenvalue weighted by Gasteiger charge is -2.10. The predicted molar refractivity (Wildman–Crippen MR) is 115 cm³/mol. The van der Waals surface area contributed by atoms with E-state index in [9.17, 15) is 22.8 Å². The summed E-state index contributed by atoms with van der Waals surface area (Å²) in [6.45, 7) is 3.76. The molecule has 2 aromatic rings. The summed E-state index contributed by atoms with van der Waals surface area (Å²) in [5.74, 6) is -0.987. The molecule has 0 aromatic heterocycles. The van der Waals surface area contributed by atoms with Gasteiger partial charge in [0.1, 0.15) is 5.25 Å². The number of alkyl halides is 3. The van der Waals surface area contributed by atoms with Gasteiger partial charge < -0.3 is 10.6 Å². The molecule has 1 unspecified atom stereocenters. The Morgan fingerprint density at radius 2 is 1.90 bits per heavy atom. The van der Waals surface area contributed by atoms with E-state index in [1.165, 1.54) is 12.1 Å². The van der Waals surface area contributed by atoms with Crippen molar-refractivity contribution in [3.05, 3.63) is 65.2 Å². The summed E-state index contributed by atoms with van der Waals surface area (Å²) < 4.78 is 38.4. The monoisotopic (exact) mass is 448 g/mol. The zero-order valence-corrected chi connectivity index (χ0v) is 17.5. The van der Waals surface area contributed by atoms with Gasteiger partial charge >= 0.3 is 6.18 Å². The molecule has 1 atom stereocenters. The van der Waals surface area contributed by atoms with Gasteiger partial charge in [-0.25, -0.2) is 0 Å². The van der Waals surface area contributed by atoms with Gasteiger partial charge in [-0.3, -0.25) is 9.59 Å². The van der Waals surface area contributed by atoms with E-state index in [0.717, 1.165) is 35.0 Å². The molecule has 31 heavy (non-hydrogen) atoms. The third-order valence-electron chi connectivity index (χ3n) is 4.38. The fourth-order valence-corrected chi connectivity index (χ4v) is 3.63. The molecule has 2 N–H and O–H groups in total. The van der Waals surface area contributed by atoms with E-state index in [2.05, 4.69) is 20.8 Å². The summed E-state index contributed by atoms with van der Waals surface area (Å²) in [5, 5.41) is 12.6. The molecule has 1 aliphatic rings. The van der Waals surface area contributed by atoms with Gasteiger partial charge in [-0.2, -0.15) is 18.3 Å². The van der Waals surface area contributed by atoms with Crippen LogP contribution in [0.1, 0.15) is 30.0 Å². The second-order valence-electron chi connectivity index (χ2n) is 6.88. The number of carbonyl (C=O) groups excluding carboxylic acids is 2. The van der Waals surface area contributed by atoms with E-state index in [-0.39, 0.29) is 17.3 Å². The number of amidine groups is 1. The normalized spacial score (nSPS) is 18.2. The predicted octanol–water partition coefficient (Wildman–Crippen LogP) is 4.35. The van der Waals surface area contributed by atoms with Gasteiger partial charge in [0.25, 0.3) is 0 Å². The summed E-state index contributed by atoms with van der Waals surface area (Å²) in [5.41, 5.74) is 1.81. The van der Waals surface area contributed by atoms with E-state index in [0.29, 0.717) is 5.71 Å². The number of amides is 2. The molecule has 1 saturated heterocycles. The van der Waals surface area contributed by atoms with Crippen LogP contribution in [-0.2, 0) is 15.8 Å². The number of thioether (sulfide) groups is 1. The average Bonchev–Trinajstić information content (AvgIpc) is 3.05. The van der Waals surface area contributed by atoms with E-state index in [1.807, 2.05) is 31.2 Å². The van der Waals surface area contributed by atoms with E-state index in [4.69, 9.17) is 0 Å². The van der Waals surface area contributed by atoms with Gasteiger partial charge in [0, 0.05) is 12.1 Å². The Morgan fingerprint density at radius 1 is 1.19 bits per heavy atom. The number of hydrogen-bond acceptors (Lipinski definition) is 5. The Labute approximate surface area is 181 Å². The molecule has 2 amide bonds. The molecule has 162 valence electrons. The number of aryl methyl sites for hydroxylation is 1. The molecule has 1 aliphatic heterocycles.